The van der Waals surface area contributed by atoms with Gasteiger partial charge in [-0.1, -0.05) is 43.6 Å². The van der Waals surface area contributed by atoms with Crippen LogP contribution in [0.5, 0.6) is 0 Å². The van der Waals surface area contributed by atoms with Crippen molar-refractivity contribution in [2.75, 3.05) is 7.05 Å². The predicted octanol–water partition coefficient (Wildman–Crippen LogP) is 5.24. The van der Waals surface area contributed by atoms with Crippen LogP contribution in [0.1, 0.15) is 59.3 Å². The average molecular weight is 234 g/mol. The maximum absolute atomic E-state index is 4.52. The van der Waals surface area contributed by atoms with Crippen molar-refractivity contribution in [3.8, 4) is 0 Å². The first-order chi connectivity index (χ1) is 7.97. The van der Waals surface area contributed by atoms with Gasteiger partial charge in [-0.2, -0.15) is 7.05 Å². The Kier molecular flexibility index (Phi) is 5.45. The summed E-state index contributed by atoms with van der Waals surface area (Å²) in [6.45, 7) is 10.9. The van der Waals surface area contributed by atoms with Gasteiger partial charge in [0.25, 0.3) is 0 Å². The molecule has 0 N–H and O–H groups in total. The first-order valence-corrected chi connectivity index (χ1v) is 6.89. The highest BCUT2D eigenvalue weighted by atomic mass is 14.9. The topological polar surface area (TPSA) is 14.1 Å². The van der Waals surface area contributed by atoms with Crippen molar-refractivity contribution in [1.29, 1.82) is 0 Å². The molecule has 0 saturated heterocycles. The van der Waals surface area contributed by atoms with E-state index < -0.39 is 0 Å². The third-order valence-corrected chi connectivity index (χ3v) is 4.20. The minimum atomic E-state index is 0.247. The van der Waals surface area contributed by atoms with Crippen LogP contribution >= 0.6 is 0 Å². The van der Waals surface area contributed by atoms with E-state index in [1.807, 2.05) is 7.05 Å². The van der Waals surface area contributed by atoms with Crippen molar-refractivity contribution >= 4 is 0 Å². The molecule has 98 valence electrons. The summed E-state index contributed by atoms with van der Waals surface area (Å²) in [5.74, 6) is 0.746. The number of hydrogen-bond donors (Lipinski definition) is 0. The van der Waals surface area contributed by atoms with Crippen molar-refractivity contribution in [2.24, 2.45) is 5.92 Å². The van der Waals surface area contributed by atoms with Gasteiger partial charge in [0.05, 0.1) is 0 Å². The molecule has 0 unspecified atom stereocenters. The summed E-state index contributed by atoms with van der Waals surface area (Å²) in [7, 11) is 1.96. The zero-order chi connectivity index (χ0) is 12.9. The number of allylic oxidation sites excluding steroid dienone is 3. The Balaban J connectivity index is 2.33. The molecular weight excluding hydrogens is 206 g/mol. The highest BCUT2D eigenvalue weighted by Crippen LogP contribution is 2.39. The molecule has 0 aromatic carbocycles. The molecular formula is C16H28N-. The lowest BCUT2D eigenvalue weighted by Gasteiger charge is -2.47. The molecule has 0 spiro atoms. The number of nitrogens with zero attached hydrogens (tertiary/aromatic N) is 1. The second-order valence-electron chi connectivity index (χ2n) is 5.97. The molecule has 0 bridgehead atoms. The predicted molar refractivity (Wildman–Crippen MR) is 77.5 cm³/mol. The summed E-state index contributed by atoms with van der Waals surface area (Å²) >= 11 is 0. The van der Waals surface area contributed by atoms with Crippen molar-refractivity contribution in [3.05, 3.63) is 29.1 Å². The van der Waals surface area contributed by atoms with Crippen LogP contribution < -0.4 is 0 Å². The second kappa shape index (κ2) is 6.39. The summed E-state index contributed by atoms with van der Waals surface area (Å²) < 4.78 is 0. The third-order valence-electron chi connectivity index (χ3n) is 4.20. The fraction of sp³-hybridized carbons (Fsp3) is 0.750. The second-order valence-corrected chi connectivity index (χ2v) is 5.97. The maximum atomic E-state index is 4.52. The molecule has 1 fully saturated rings. The minimum Gasteiger partial charge on any atom is -0.660 e. The summed E-state index contributed by atoms with van der Waals surface area (Å²) in [6, 6.07) is 0. The fourth-order valence-electron chi connectivity index (χ4n) is 2.62. The molecule has 17 heavy (non-hydrogen) atoms. The Hall–Kier alpha value is -0.560. The summed E-state index contributed by atoms with van der Waals surface area (Å²) in [5, 5.41) is 4.52. The summed E-state index contributed by atoms with van der Waals surface area (Å²) in [5.41, 5.74) is 3.12. The molecule has 0 radical (unpaired) electrons. The van der Waals surface area contributed by atoms with Crippen LogP contribution in [0.25, 0.3) is 5.32 Å². The van der Waals surface area contributed by atoms with Crippen LogP contribution in [0.4, 0.5) is 0 Å². The first kappa shape index (κ1) is 14.5. The van der Waals surface area contributed by atoms with Crippen molar-refractivity contribution in [2.45, 2.75) is 64.8 Å². The van der Waals surface area contributed by atoms with Crippen LogP contribution in [0.15, 0.2) is 23.8 Å². The van der Waals surface area contributed by atoms with E-state index >= 15 is 0 Å². The lowest BCUT2D eigenvalue weighted by Crippen LogP contribution is -2.29. The van der Waals surface area contributed by atoms with Gasteiger partial charge in [0.2, 0.25) is 0 Å². The Bertz CT molecular complexity index is 276. The quantitative estimate of drug-likeness (QED) is 0.577. The minimum absolute atomic E-state index is 0.247. The van der Waals surface area contributed by atoms with Gasteiger partial charge in [0.1, 0.15) is 0 Å². The lowest BCUT2D eigenvalue weighted by atomic mass is 9.74. The van der Waals surface area contributed by atoms with E-state index in [4.69, 9.17) is 0 Å². The highest BCUT2D eigenvalue weighted by molar-refractivity contribution is 5.10. The number of rotatable bonds is 5. The standard InChI is InChI=1S/C16H28N/c1-13(2)7-6-8-14(3)15-9-11-16(4,17-5)12-10-15/h7,15H,3,6,8-12H2,1-2,4-5H3/q-1. The van der Waals surface area contributed by atoms with Gasteiger partial charge in [-0.15, -0.1) is 5.54 Å². The monoisotopic (exact) mass is 234 g/mol. The molecule has 0 atom stereocenters. The van der Waals surface area contributed by atoms with Crippen LogP contribution in [0.3, 0.4) is 0 Å². The van der Waals surface area contributed by atoms with Gasteiger partial charge in [-0.3, -0.25) is 0 Å². The van der Waals surface area contributed by atoms with E-state index in [1.54, 1.807) is 0 Å². The Morgan fingerprint density at radius 2 is 1.94 bits per heavy atom. The van der Waals surface area contributed by atoms with Crippen LogP contribution in [-0.4, -0.2) is 12.6 Å². The molecule has 1 nitrogen and oxygen atoms in total. The summed E-state index contributed by atoms with van der Waals surface area (Å²) in [6.07, 6.45) is 9.66. The normalized spacial score (nSPS) is 28.8. The Morgan fingerprint density at radius 3 is 2.41 bits per heavy atom. The first-order valence-electron chi connectivity index (χ1n) is 6.89. The molecule has 1 heteroatoms. The zero-order valence-electron chi connectivity index (χ0n) is 12.1. The molecule has 1 rings (SSSR count). The van der Waals surface area contributed by atoms with E-state index in [0.717, 1.165) is 18.8 Å². The molecule has 0 aliphatic heterocycles. The maximum Gasteiger partial charge on any atom is -0.0207 e. The third kappa shape index (κ3) is 4.67. The van der Waals surface area contributed by atoms with E-state index in [-0.39, 0.29) is 5.54 Å². The number of hydrogen-bond acceptors (Lipinski definition) is 0. The van der Waals surface area contributed by atoms with Gasteiger partial charge in [-0.05, 0) is 45.4 Å². The van der Waals surface area contributed by atoms with E-state index in [0.29, 0.717) is 0 Å². The van der Waals surface area contributed by atoms with Crippen LogP contribution in [0.2, 0.25) is 0 Å². The lowest BCUT2D eigenvalue weighted by molar-refractivity contribution is 0.300. The zero-order valence-corrected chi connectivity index (χ0v) is 12.1. The van der Waals surface area contributed by atoms with Gasteiger partial charge in [0.15, 0.2) is 0 Å². The van der Waals surface area contributed by atoms with Crippen molar-refractivity contribution in [3.63, 3.8) is 0 Å². The van der Waals surface area contributed by atoms with Gasteiger partial charge in [0, 0.05) is 0 Å². The van der Waals surface area contributed by atoms with E-state index in [2.05, 4.69) is 38.7 Å². The summed E-state index contributed by atoms with van der Waals surface area (Å²) in [4.78, 5) is 0. The van der Waals surface area contributed by atoms with E-state index in [1.165, 1.54) is 36.8 Å². The molecule has 1 saturated carbocycles. The van der Waals surface area contributed by atoms with Gasteiger partial charge >= 0.3 is 0 Å². The van der Waals surface area contributed by atoms with Crippen LogP contribution in [-0.2, 0) is 0 Å². The average Bonchev–Trinajstić information content (AvgIpc) is 2.29. The Labute approximate surface area is 107 Å². The highest BCUT2D eigenvalue weighted by Gasteiger charge is 2.24. The molecule has 1 aliphatic carbocycles. The SMILES string of the molecule is C=C(CCC=C(C)C)C1CCC(C)([N-]C)CC1. The molecule has 0 heterocycles. The molecule has 0 aromatic heterocycles. The van der Waals surface area contributed by atoms with Gasteiger partial charge in [-0.25, -0.2) is 0 Å². The molecule has 0 amide bonds. The molecule has 1 aliphatic rings. The Morgan fingerprint density at radius 1 is 1.35 bits per heavy atom. The molecule has 0 aromatic rings. The largest absolute Gasteiger partial charge is 0.660 e. The van der Waals surface area contributed by atoms with Crippen LogP contribution in [0, 0.1) is 5.92 Å². The van der Waals surface area contributed by atoms with Crippen molar-refractivity contribution in [1.82, 2.24) is 0 Å². The van der Waals surface area contributed by atoms with Crippen molar-refractivity contribution < 1.29 is 0 Å². The smallest absolute Gasteiger partial charge is 0.0207 e. The fourth-order valence-corrected chi connectivity index (χ4v) is 2.62. The van der Waals surface area contributed by atoms with Gasteiger partial charge < -0.3 is 5.32 Å². The van der Waals surface area contributed by atoms with E-state index in [9.17, 15) is 0 Å².